The Morgan fingerprint density at radius 3 is 2.38 bits per heavy atom. The predicted molar refractivity (Wildman–Crippen MR) is 149 cm³/mol. The molecular formula is C31H49NO2. The van der Waals surface area contributed by atoms with Gasteiger partial charge in [-0.15, -0.1) is 0 Å². The van der Waals surface area contributed by atoms with Gasteiger partial charge < -0.3 is 4.74 Å². The summed E-state index contributed by atoms with van der Waals surface area (Å²) < 4.78 is 5.15. The fourth-order valence-corrected chi connectivity index (χ4v) is 4.43. The summed E-state index contributed by atoms with van der Waals surface area (Å²) in [5.74, 6) is 0.852. The van der Waals surface area contributed by atoms with Crippen LogP contribution >= 0.6 is 0 Å². The highest BCUT2D eigenvalue weighted by molar-refractivity contribution is 6.19. The quantitative estimate of drug-likeness (QED) is 0.216. The second-order valence-corrected chi connectivity index (χ2v) is 9.25. The van der Waals surface area contributed by atoms with Gasteiger partial charge in [0.05, 0.1) is 7.11 Å². The van der Waals surface area contributed by atoms with E-state index in [0.29, 0.717) is 6.04 Å². The van der Waals surface area contributed by atoms with Crippen LogP contribution in [-0.2, 0) is 4.79 Å². The number of ketones is 1. The average Bonchev–Trinajstić information content (AvgIpc) is 2.85. The minimum Gasteiger partial charge on any atom is -0.497 e. The van der Waals surface area contributed by atoms with Crippen LogP contribution in [0, 0.1) is 6.92 Å². The Kier molecular flexibility index (Phi) is 15.2. The third-order valence-corrected chi connectivity index (χ3v) is 6.52. The molecule has 190 valence electrons. The molecule has 2 rings (SSSR count). The molecule has 0 aliphatic heterocycles. The van der Waals surface area contributed by atoms with Gasteiger partial charge in [0.1, 0.15) is 5.75 Å². The molecular weight excluding hydrogens is 418 g/mol. The van der Waals surface area contributed by atoms with E-state index in [1.807, 2.05) is 38.1 Å². The van der Waals surface area contributed by atoms with Gasteiger partial charge in [0, 0.05) is 11.6 Å². The van der Waals surface area contributed by atoms with Crippen molar-refractivity contribution in [2.75, 3.05) is 20.2 Å². The molecule has 0 saturated carbocycles. The van der Waals surface area contributed by atoms with Gasteiger partial charge in [-0.05, 0) is 95.3 Å². The van der Waals surface area contributed by atoms with Crippen molar-refractivity contribution < 1.29 is 9.53 Å². The molecule has 1 aromatic carbocycles. The van der Waals surface area contributed by atoms with Gasteiger partial charge in [0.25, 0.3) is 0 Å². The lowest BCUT2D eigenvalue weighted by Gasteiger charge is -2.30. The minimum atomic E-state index is 0.0776. The maximum atomic E-state index is 11.4. The molecule has 1 atom stereocenters. The Hall–Kier alpha value is -2.13. The molecule has 1 unspecified atom stereocenters. The smallest absolute Gasteiger partial charge is 0.160 e. The molecule has 0 heterocycles. The number of aryl methyl sites for hydroxylation is 1. The van der Waals surface area contributed by atoms with Crippen LogP contribution in [0.15, 0.2) is 48.1 Å². The molecule has 1 aliphatic rings. The number of rotatable bonds is 13. The maximum Gasteiger partial charge on any atom is 0.160 e. The Labute approximate surface area is 210 Å². The molecule has 3 heteroatoms. The van der Waals surface area contributed by atoms with Gasteiger partial charge >= 0.3 is 0 Å². The molecule has 0 fully saturated rings. The number of allylic oxidation sites excluding steroid dienone is 4. The molecule has 0 bridgehead atoms. The Balaban J connectivity index is 0.000000350. The van der Waals surface area contributed by atoms with Crippen LogP contribution in [0.25, 0.3) is 5.57 Å². The van der Waals surface area contributed by atoms with E-state index >= 15 is 0 Å². The molecule has 0 amide bonds. The lowest BCUT2D eigenvalue weighted by atomic mass is 9.97. The van der Waals surface area contributed by atoms with Gasteiger partial charge in [-0.1, -0.05) is 69.9 Å². The molecule has 0 aromatic heterocycles. The first-order valence-electron chi connectivity index (χ1n) is 13.3. The fraction of sp³-hybridized carbons (Fsp3) is 0.581. The van der Waals surface area contributed by atoms with Crippen molar-refractivity contribution in [2.24, 2.45) is 0 Å². The van der Waals surface area contributed by atoms with E-state index in [4.69, 9.17) is 4.74 Å². The fourth-order valence-electron chi connectivity index (χ4n) is 4.43. The number of methoxy groups -OCH3 is 1. The van der Waals surface area contributed by atoms with Crippen molar-refractivity contribution in [1.82, 2.24) is 4.90 Å². The summed E-state index contributed by atoms with van der Waals surface area (Å²) in [6.07, 6.45) is 19.6. The second kappa shape index (κ2) is 17.3. The van der Waals surface area contributed by atoms with E-state index in [1.165, 1.54) is 70.0 Å². The molecule has 3 nitrogen and oxygen atoms in total. The van der Waals surface area contributed by atoms with Crippen molar-refractivity contribution in [1.29, 1.82) is 0 Å². The highest BCUT2D eigenvalue weighted by Gasteiger charge is 2.16. The molecule has 34 heavy (non-hydrogen) atoms. The molecule has 1 aromatic rings. The number of benzene rings is 1. The molecule has 0 radical (unpaired) electrons. The number of nitrogens with zero attached hydrogens (tertiary/aromatic N) is 1. The first-order chi connectivity index (χ1) is 16.4. The number of unbranched alkanes of at least 4 members (excludes halogenated alkanes) is 4. The van der Waals surface area contributed by atoms with Crippen molar-refractivity contribution in [3.63, 3.8) is 0 Å². The van der Waals surface area contributed by atoms with Gasteiger partial charge in [-0.3, -0.25) is 9.69 Å². The highest BCUT2D eigenvalue weighted by Crippen LogP contribution is 2.24. The van der Waals surface area contributed by atoms with Gasteiger partial charge in [-0.25, -0.2) is 0 Å². The number of carbonyl (C=O) groups is 1. The SMILES string of the molecule is C/C=C(/C(C)=O)c1cc(OC)ccc1C.CCCCCCCN(CCC)C(C)C1=CCCC=C1. The van der Waals surface area contributed by atoms with Crippen LogP contribution in [0.2, 0.25) is 0 Å². The lowest BCUT2D eigenvalue weighted by molar-refractivity contribution is -0.111. The van der Waals surface area contributed by atoms with E-state index < -0.39 is 0 Å². The summed E-state index contributed by atoms with van der Waals surface area (Å²) in [7, 11) is 1.62. The zero-order valence-electron chi connectivity index (χ0n) is 23.0. The van der Waals surface area contributed by atoms with E-state index in [-0.39, 0.29) is 5.78 Å². The number of hydrogen-bond donors (Lipinski definition) is 0. The van der Waals surface area contributed by atoms with Crippen LogP contribution in [0.5, 0.6) is 5.75 Å². The van der Waals surface area contributed by atoms with Crippen LogP contribution < -0.4 is 4.74 Å². The van der Waals surface area contributed by atoms with Crippen LogP contribution in [0.3, 0.4) is 0 Å². The standard InChI is InChI=1S/C18H33N.C13H16O2/c1-4-6-7-8-12-16-19(15-5-2)17(3)18-13-10-9-11-14-18;1-5-12(10(3)14)13-8-11(15-4)7-6-9(13)2/h10,13-14,17H,4-9,11-12,15-16H2,1-3H3;5-8H,1-4H3/b;12-5-. The van der Waals surface area contributed by atoms with Crippen LogP contribution in [-0.4, -0.2) is 36.9 Å². The summed E-state index contributed by atoms with van der Waals surface area (Å²) in [5, 5.41) is 0. The number of Topliss-reactive ketones (excluding diaryl/α,β-unsaturated/α-hetero) is 1. The Morgan fingerprint density at radius 1 is 1.09 bits per heavy atom. The highest BCUT2D eigenvalue weighted by atomic mass is 16.5. The first kappa shape index (κ1) is 29.9. The third-order valence-electron chi connectivity index (χ3n) is 6.52. The summed E-state index contributed by atoms with van der Waals surface area (Å²) in [6, 6.07) is 6.35. The zero-order chi connectivity index (χ0) is 25.3. The van der Waals surface area contributed by atoms with E-state index in [9.17, 15) is 4.79 Å². The van der Waals surface area contributed by atoms with Crippen molar-refractivity contribution in [3.05, 3.63) is 59.2 Å². The van der Waals surface area contributed by atoms with Gasteiger partial charge in [-0.2, -0.15) is 0 Å². The van der Waals surface area contributed by atoms with E-state index in [2.05, 4.69) is 43.9 Å². The van der Waals surface area contributed by atoms with Gasteiger partial charge in [0.2, 0.25) is 0 Å². The van der Waals surface area contributed by atoms with Crippen molar-refractivity contribution >= 4 is 11.4 Å². The van der Waals surface area contributed by atoms with Crippen molar-refractivity contribution in [3.8, 4) is 5.75 Å². The summed E-state index contributed by atoms with van der Waals surface area (Å²) in [5.41, 5.74) is 4.31. The zero-order valence-corrected chi connectivity index (χ0v) is 23.0. The van der Waals surface area contributed by atoms with Crippen LogP contribution in [0.4, 0.5) is 0 Å². The monoisotopic (exact) mass is 467 g/mol. The summed E-state index contributed by atoms with van der Waals surface area (Å²) in [4.78, 5) is 14.1. The molecule has 1 aliphatic carbocycles. The second-order valence-electron chi connectivity index (χ2n) is 9.25. The van der Waals surface area contributed by atoms with Gasteiger partial charge in [0.15, 0.2) is 5.78 Å². The Morgan fingerprint density at radius 2 is 1.82 bits per heavy atom. The maximum absolute atomic E-state index is 11.4. The molecule has 0 spiro atoms. The van der Waals surface area contributed by atoms with E-state index in [0.717, 1.165) is 22.4 Å². The Bertz CT molecular complexity index is 819. The predicted octanol–water partition coefficient (Wildman–Crippen LogP) is 8.33. The number of carbonyl (C=O) groups excluding carboxylic acids is 1. The van der Waals surface area contributed by atoms with Crippen molar-refractivity contribution in [2.45, 2.75) is 99.0 Å². The summed E-state index contributed by atoms with van der Waals surface area (Å²) >= 11 is 0. The minimum absolute atomic E-state index is 0.0776. The largest absolute Gasteiger partial charge is 0.497 e. The van der Waals surface area contributed by atoms with E-state index in [1.54, 1.807) is 14.0 Å². The molecule has 0 N–H and O–H groups in total. The number of hydrogen-bond acceptors (Lipinski definition) is 3. The normalized spacial score (nSPS) is 14.4. The summed E-state index contributed by atoms with van der Waals surface area (Å²) in [6.45, 7) is 14.9. The topological polar surface area (TPSA) is 29.5 Å². The lowest BCUT2D eigenvalue weighted by Crippen LogP contribution is -2.36. The number of ether oxygens (including phenoxy) is 1. The third kappa shape index (κ3) is 10.4. The van der Waals surface area contributed by atoms with Crippen LogP contribution in [0.1, 0.15) is 97.1 Å². The average molecular weight is 468 g/mol. The first-order valence-corrected chi connectivity index (χ1v) is 13.3. The molecule has 0 saturated heterocycles.